The van der Waals surface area contributed by atoms with Crippen molar-refractivity contribution in [2.24, 2.45) is 0 Å². The van der Waals surface area contributed by atoms with E-state index >= 15 is 0 Å². The Bertz CT molecular complexity index is 615. The first-order chi connectivity index (χ1) is 11.9. The number of hydrogen-bond acceptors (Lipinski definition) is 3. The summed E-state index contributed by atoms with van der Waals surface area (Å²) in [5.41, 5.74) is 3.59. The molecule has 1 aromatic carbocycles. The first kappa shape index (κ1) is 19.4. The van der Waals surface area contributed by atoms with Crippen molar-refractivity contribution >= 4 is 11.8 Å². The lowest BCUT2D eigenvalue weighted by atomic mass is 9.94. The fraction of sp³-hybridized carbons (Fsp3) is 0.600. The number of amides is 2. The van der Waals surface area contributed by atoms with E-state index in [4.69, 9.17) is 4.74 Å². The summed E-state index contributed by atoms with van der Waals surface area (Å²) < 4.78 is 5.55. The van der Waals surface area contributed by atoms with Gasteiger partial charge in [-0.25, -0.2) is 0 Å². The van der Waals surface area contributed by atoms with Crippen molar-refractivity contribution in [2.75, 3.05) is 13.7 Å². The highest BCUT2D eigenvalue weighted by Crippen LogP contribution is 2.24. The number of ether oxygens (including phenoxy) is 1. The van der Waals surface area contributed by atoms with Crippen LogP contribution in [0.2, 0.25) is 0 Å². The van der Waals surface area contributed by atoms with Gasteiger partial charge in [0.15, 0.2) is 0 Å². The van der Waals surface area contributed by atoms with E-state index < -0.39 is 0 Å². The lowest BCUT2D eigenvalue weighted by molar-refractivity contribution is -0.138. The molecule has 0 radical (unpaired) electrons. The second-order valence-electron chi connectivity index (χ2n) is 6.87. The van der Waals surface area contributed by atoms with Crippen molar-refractivity contribution in [1.82, 2.24) is 10.2 Å². The van der Waals surface area contributed by atoms with Crippen LogP contribution in [-0.4, -0.2) is 42.5 Å². The quantitative estimate of drug-likeness (QED) is 0.862. The monoisotopic (exact) mass is 346 g/mol. The number of rotatable bonds is 6. The van der Waals surface area contributed by atoms with Crippen LogP contribution >= 0.6 is 0 Å². The predicted molar refractivity (Wildman–Crippen MR) is 98.2 cm³/mol. The minimum Gasteiger partial charge on any atom is -0.379 e. The van der Waals surface area contributed by atoms with Gasteiger partial charge >= 0.3 is 0 Å². The van der Waals surface area contributed by atoms with Crippen LogP contribution in [0.5, 0.6) is 0 Å². The number of hydrogen-bond donors (Lipinski definition) is 1. The van der Waals surface area contributed by atoms with Crippen LogP contribution in [0.4, 0.5) is 0 Å². The maximum absolute atomic E-state index is 12.3. The third-order valence-corrected chi connectivity index (χ3v) is 5.28. The number of benzene rings is 1. The molecule has 0 aliphatic carbocycles. The van der Waals surface area contributed by atoms with E-state index in [1.165, 1.54) is 11.1 Å². The summed E-state index contributed by atoms with van der Waals surface area (Å²) in [6, 6.07) is 6.12. The van der Waals surface area contributed by atoms with Gasteiger partial charge in [-0.2, -0.15) is 0 Å². The van der Waals surface area contributed by atoms with Gasteiger partial charge in [-0.05, 0) is 49.8 Å². The lowest BCUT2D eigenvalue weighted by Gasteiger charge is -2.40. The number of likely N-dealkylation sites (tertiary alicyclic amines) is 1. The number of carbonyl (C=O) groups is 2. The molecule has 5 heteroatoms. The molecular formula is C20H30N2O3. The first-order valence-electron chi connectivity index (χ1n) is 9.05. The first-order valence-corrected chi connectivity index (χ1v) is 9.05. The minimum atomic E-state index is -0.0114. The van der Waals surface area contributed by atoms with Crippen LogP contribution in [0.3, 0.4) is 0 Å². The minimum absolute atomic E-state index is 0.0114. The summed E-state index contributed by atoms with van der Waals surface area (Å²) in [5.74, 6) is 0.0763. The SMILES string of the molecule is CO[C@H]1CCCN(C(C)=O)[C@H]1CCC(=O)NCc1cccc(C)c1C. The highest BCUT2D eigenvalue weighted by Gasteiger charge is 2.33. The molecule has 138 valence electrons. The number of methoxy groups -OCH3 is 1. The maximum Gasteiger partial charge on any atom is 0.220 e. The van der Waals surface area contributed by atoms with Crippen molar-refractivity contribution in [3.8, 4) is 0 Å². The highest BCUT2D eigenvalue weighted by atomic mass is 16.5. The van der Waals surface area contributed by atoms with Gasteiger partial charge in [-0.15, -0.1) is 0 Å². The van der Waals surface area contributed by atoms with Gasteiger partial charge in [0, 0.05) is 33.5 Å². The van der Waals surface area contributed by atoms with Crippen LogP contribution in [0.25, 0.3) is 0 Å². The Kier molecular flexibility index (Phi) is 7.00. The smallest absolute Gasteiger partial charge is 0.220 e. The zero-order valence-electron chi connectivity index (χ0n) is 15.8. The van der Waals surface area contributed by atoms with Gasteiger partial charge in [-0.3, -0.25) is 9.59 Å². The second-order valence-corrected chi connectivity index (χ2v) is 6.87. The Morgan fingerprint density at radius 3 is 2.76 bits per heavy atom. The Labute approximate surface area is 150 Å². The molecule has 1 aliphatic rings. The average molecular weight is 346 g/mol. The number of nitrogens with zero attached hydrogens (tertiary/aromatic N) is 1. The van der Waals surface area contributed by atoms with E-state index in [0.29, 0.717) is 19.4 Å². The van der Waals surface area contributed by atoms with Crippen molar-refractivity contribution < 1.29 is 14.3 Å². The number of nitrogens with one attached hydrogen (secondary N) is 1. The Morgan fingerprint density at radius 1 is 1.32 bits per heavy atom. The van der Waals surface area contributed by atoms with Gasteiger partial charge in [0.1, 0.15) is 0 Å². The van der Waals surface area contributed by atoms with Crippen molar-refractivity contribution in [1.29, 1.82) is 0 Å². The third-order valence-electron chi connectivity index (χ3n) is 5.28. The molecule has 5 nitrogen and oxygen atoms in total. The Balaban J connectivity index is 1.89. The highest BCUT2D eigenvalue weighted by molar-refractivity contribution is 5.76. The molecule has 0 saturated carbocycles. The van der Waals surface area contributed by atoms with Crippen LogP contribution in [-0.2, 0) is 20.9 Å². The van der Waals surface area contributed by atoms with E-state index in [2.05, 4.69) is 25.2 Å². The Morgan fingerprint density at radius 2 is 2.08 bits per heavy atom. The molecule has 0 bridgehead atoms. The summed E-state index contributed by atoms with van der Waals surface area (Å²) >= 11 is 0. The molecule has 0 unspecified atom stereocenters. The van der Waals surface area contributed by atoms with E-state index in [1.54, 1.807) is 14.0 Å². The van der Waals surface area contributed by atoms with Crippen LogP contribution in [0.1, 0.15) is 49.3 Å². The maximum atomic E-state index is 12.3. The molecule has 0 aromatic heterocycles. The van der Waals surface area contributed by atoms with Gasteiger partial charge in [-0.1, -0.05) is 18.2 Å². The lowest BCUT2D eigenvalue weighted by Crippen LogP contribution is -2.51. The van der Waals surface area contributed by atoms with E-state index in [9.17, 15) is 9.59 Å². The van der Waals surface area contributed by atoms with Crippen molar-refractivity contribution in [3.05, 3.63) is 34.9 Å². The molecule has 1 fully saturated rings. The molecule has 2 atom stereocenters. The van der Waals surface area contributed by atoms with Crippen molar-refractivity contribution in [3.63, 3.8) is 0 Å². The predicted octanol–water partition coefficient (Wildman–Crippen LogP) is 2.73. The molecule has 0 spiro atoms. The largest absolute Gasteiger partial charge is 0.379 e. The summed E-state index contributed by atoms with van der Waals surface area (Å²) in [4.78, 5) is 26.0. The normalized spacial score (nSPS) is 20.4. The molecule has 1 saturated heterocycles. The molecule has 1 heterocycles. The summed E-state index contributed by atoms with van der Waals surface area (Å²) in [6.07, 6.45) is 2.95. The fourth-order valence-corrected chi connectivity index (χ4v) is 3.59. The average Bonchev–Trinajstić information content (AvgIpc) is 2.60. The zero-order valence-corrected chi connectivity index (χ0v) is 15.8. The number of piperidine rings is 1. The van der Waals surface area contributed by atoms with Gasteiger partial charge in [0.05, 0.1) is 12.1 Å². The number of aryl methyl sites for hydroxylation is 1. The van der Waals surface area contributed by atoms with Gasteiger partial charge < -0.3 is 15.0 Å². The van der Waals surface area contributed by atoms with E-state index in [-0.39, 0.29) is 24.0 Å². The molecule has 2 amide bonds. The Hall–Kier alpha value is -1.88. The standard InChI is InChI=1S/C20H30N2O3/c1-14-7-5-8-17(15(14)2)13-21-20(24)11-10-18-19(25-4)9-6-12-22(18)16(3)23/h5,7-8,18-19H,6,9-13H2,1-4H3,(H,21,24)/t18-,19-/m0/s1. The molecule has 1 aliphatic heterocycles. The van der Waals surface area contributed by atoms with E-state index in [0.717, 1.165) is 24.9 Å². The summed E-state index contributed by atoms with van der Waals surface area (Å²) in [6.45, 7) is 7.04. The van der Waals surface area contributed by atoms with Crippen LogP contribution < -0.4 is 5.32 Å². The van der Waals surface area contributed by atoms with Crippen LogP contribution in [0, 0.1) is 13.8 Å². The van der Waals surface area contributed by atoms with Gasteiger partial charge in [0.25, 0.3) is 0 Å². The molecule has 1 aromatic rings. The molecule has 2 rings (SSSR count). The zero-order chi connectivity index (χ0) is 18.4. The topological polar surface area (TPSA) is 58.6 Å². The number of carbonyl (C=O) groups excluding carboxylic acids is 2. The summed E-state index contributed by atoms with van der Waals surface area (Å²) in [7, 11) is 1.68. The van der Waals surface area contributed by atoms with Crippen molar-refractivity contribution in [2.45, 2.75) is 65.1 Å². The fourth-order valence-electron chi connectivity index (χ4n) is 3.59. The summed E-state index contributed by atoms with van der Waals surface area (Å²) in [5, 5.41) is 3.00. The van der Waals surface area contributed by atoms with Gasteiger partial charge in [0.2, 0.25) is 11.8 Å². The molecular weight excluding hydrogens is 316 g/mol. The second kappa shape index (κ2) is 8.99. The van der Waals surface area contributed by atoms with E-state index in [1.807, 2.05) is 17.0 Å². The molecule has 25 heavy (non-hydrogen) atoms. The molecule has 1 N–H and O–H groups in total. The van der Waals surface area contributed by atoms with Crippen LogP contribution in [0.15, 0.2) is 18.2 Å². The third kappa shape index (κ3) is 5.05.